The van der Waals surface area contributed by atoms with Crippen molar-refractivity contribution in [2.24, 2.45) is 0 Å². The minimum atomic E-state index is -1.16. The summed E-state index contributed by atoms with van der Waals surface area (Å²) in [6.45, 7) is 0. The summed E-state index contributed by atoms with van der Waals surface area (Å²) in [5.41, 5.74) is -0.316. The van der Waals surface area contributed by atoms with Crippen LogP contribution in [0.2, 0.25) is 0 Å². The Hall–Kier alpha value is -2.18. The Bertz CT molecular complexity index is 666. The Morgan fingerprint density at radius 1 is 1.28 bits per heavy atom. The number of hydrogen-bond donors (Lipinski definition) is 3. The Balaban J connectivity index is 2.20. The number of H-pyrrole nitrogens is 2. The molecule has 0 saturated heterocycles. The number of nitrogens with zero attached hydrogens (tertiary/aromatic N) is 2. The van der Waals surface area contributed by atoms with Crippen molar-refractivity contribution in [3.63, 3.8) is 0 Å². The van der Waals surface area contributed by atoms with E-state index >= 15 is 0 Å². The summed E-state index contributed by atoms with van der Waals surface area (Å²) >= 11 is 0. The highest BCUT2D eigenvalue weighted by molar-refractivity contribution is 5.98. The lowest BCUT2D eigenvalue weighted by Crippen LogP contribution is -2.14. The maximum absolute atomic E-state index is 11.8. The van der Waals surface area contributed by atoms with Crippen molar-refractivity contribution in [2.45, 2.75) is 31.6 Å². The fraction of sp³-hybridized carbons (Fsp3) is 0.455. The molecule has 1 saturated carbocycles. The number of aromatic carboxylic acids is 1. The van der Waals surface area contributed by atoms with Crippen molar-refractivity contribution < 1.29 is 9.90 Å². The van der Waals surface area contributed by atoms with E-state index in [1.807, 2.05) is 0 Å². The lowest BCUT2D eigenvalue weighted by atomic mass is 10.1. The van der Waals surface area contributed by atoms with Gasteiger partial charge in [-0.15, -0.1) is 0 Å². The van der Waals surface area contributed by atoms with Crippen molar-refractivity contribution in [3.05, 3.63) is 21.9 Å². The predicted octanol–water partition coefficient (Wildman–Crippen LogP) is 1.00. The molecular weight excluding hydrogens is 236 g/mol. The molecule has 7 nitrogen and oxygen atoms in total. The van der Waals surface area contributed by atoms with Gasteiger partial charge in [0.25, 0.3) is 5.56 Å². The van der Waals surface area contributed by atoms with Crippen LogP contribution in [0.1, 0.15) is 47.9 Å². The molecular formula is C11H12N4O3. The zero-order valence-electron chi connectivity index (χ0n) is 9.56. The molecule has 18 heavy (non-hydrogen) atoms. The van der Waals surface area contributed by atoms with E-state index in [2.05, 4.69) is 20.2 Å². The van der Waals surface area contributed by atoms with E-state index in [0.29, 0.717) is 5.82 Å². The fourth-order valence-electron chi connectivity index (χ4n) is 2.47. The number of aromatic nitrogens is 4. The third kappa shape index (κ3) is 1.59. The molecule has 94 valence electrons. The van der Waals surface area contributed by atoms with Crippen LogP contribution in [-0.4, -0.2) is 31.2 Å². The van der Waals surface area contributed by atoms with Crippen LogP contribution >= 0.6 is 0 Å². The third-order valence-electron chi connectivity index (χ3n) is 3.39. The average molecular weight is 248 g/mol. The van der Waals surface area contributed by atoms with Crippen molar-refractivity contribution in [3.8, 4) is 0 Å². The Labute approximate surface area is 101 Å². The van der Waals surface area contributed by atoms with Crippen LogP contribution in [0.15, 0.2) is 4.79 Å². The van der Waals surface area contributed by atoms with Crippen molar-refractivity contribution in [2.75, 3.05) is 0 Å². The average Bonchev–Trinajstić information content (AvgIpc) is 2.97. The number of nitrogens with one attached hydrogen (secondary N) is 2. The maximum atomic E-state index is 11.8. The lowest BCUT2D eigenvalue weighted by Gasteiger charge is -2.07. The number of carboxylic acid groups (broad SMARTS) is 1. The Kier molecular flexibility index (Phi) is 2.39. The van der Waals surface area contributed by atoms with E-state index in [0.717, 1.165) is 25.7 Å². The molecule has 3 rings (SSSR count). The maximum Gasteiger partial charge on any atom is 0.356 e. The van der Waals surface area contributed by atoms with E-state index in [4.69, 9.17) is 5.11 Å². The van der Waals surface area contributed by atoms with E-state index in [1.54, 1.807) is 0 Å². The van der Waals surface area contributed by atoms with Gasteiger partial charge in [0, 0.05) is 5.92 Å². The summed E-state index contributed by atoms with van der Waals surface area (Å²) in [6, 6.07) is 0. The molecule has 0 amide bonds. The SMILES string of the molecule is O=C(O)c1[nH]nc2c(=O)[nH]c(C3CCCC3)nc12. The quantitative estimate of drug-likeness (QED) is 0.734. The normalized spacial score (nSPS) is 16.4. The minimum absolute atomic E-state index is 0.0501. The number of rotatable bonds is 2. The highest BCUT2D eigenvalue weighted by Gasteiger charge is 2.23. The molecule has 0 radical (unpaired) electrons. The van der Waals surface area contributed by atoms with Gasteiger partial charge in [0.1, 0.15) is 11.3 Å². The molecule has 0 atom stereocenters. The van der Waals surface area contributed by atoms with Crippen LogP contribution in [0.5, 0.6) is 0 Å². The second-order valence-corrected chi connectivity index (χ2v) is 4.53. The zero-order valence-corrected chi connectivity index (χ0v) is 9.56. The summed E-state index contributed by atoms with van der Waals surface area (Å²) in [5.74, 6) is -0.361. The van der Waals surface area contributed by atoms with Gasteiger partial charge in [0.2, 0.25) is 0 Å². The number of aromatic amines is 2. The van der Waals surface area contributed by atoms with Crippen molar-refractivity contribution in [1.82, 2.24) is 20.2 Å². The molecule has 0 bridgehead atoms. The van der Waals surface area contributed by atoms with Gasteiger partial charge in [0.05, 0.1) is 0 Å². The first-order valence-corrected chi connectivity index (χ1v) is 5.88. The Morgan fingerprint density at radius 2 is 2.00 bits per heavy atom. The van der Waals surface area contributed by atoms with E-state index in [9.17, 15) is 9.59 Å². The molecule has 2 heterocycles. The lowest BCUT2D eigenvalue weighted by molar-refractivity contribution is 0.0692. The second kappa shape index (κ2) is 3.94. The first-order chi connectivity index (χ1) is 8.66. The van der Waals surface area contributed by atoms with Gasteiger partial charge >= 0.3 is 5.97 Å². The summed E-state index contributed by atoms with van der Waals surface area (Å²) in [5, 5.41) is 15.0. The van der Waals surface area contributed by atoms with E-state index in [-0.39, 0.29) is 28.2 Å². The number of fused-ring (bicyclic) bond motifs is 1. The molecule has 0 spiro atoms. The highest BCUT2D eigenvalue weighted by atomic mass is 16.4. The van der Waals surface area contributed by atoms with Crippen LogP contribution < -0.4 is 5.56 Å². The molecule has 2 aromatic rings. The second-order valence-electron chi connectivity index (χ2n) is 4.53. The van der Waals surface area contributed by atoms with Crippen molar-refractivity contribution >= 4 is 17.0 Å². The first kappa shape index (κ1) is 10.9. The van der Waals surface area contributed by atoms with Crippen LogP contribution in [-0.2, 0) is 0 Å². The van der Waals surface area contributed by atoms with Gasteiger partial charge in [-0.3, -0.25) is 9.89 Å². The van der Waals surface area contributed by atoms with Gasteiger partial charge < -0.3 is 10.1 Å². The molecule has 1 aliphatic carbocycles. The molecule has 1 aliphatic rings. The van der Waals surface area contributed by atoms with E-state index < -0.39 is 5.97 Å². The number of carboxylic acids is 1. The van der Waals surface area contributed by atoms with Gasteiger partial charge in [0.15, 0.2) is 11.2 Å². The molecule has 0 aliphatic heterocycles. The van der Waals surface area contributed by atoms with Crippen molar-refractivity contribution in [1.29, 1.82) is 0 Å². The molecule has 0 unspecified atom stereocenters. The third-order valence-corrected chi connectivity index (χ3v) is 3.39. The van der Waals surface area contributed by atoms with Crippen LogP contribution in [0, 0.1) is 0 Å². The predicted molar refractivity (Wildman–Crippen MR) is 62.7 cm³/mol. The summed E-state index contributed by atoms with van der Waals surface area (Å²) in [6.07, 6.45) is 4.19. The van der Waals surface area contributed by atoms with Crippen LogP contribution in [0.25, 0.3) is 11.0 Å². The Morgan fingerprint density at radius 3 is 2.67 bits per heavy atom. The van der Waals surface area contributed by atoms with Crippen LogP contribution in [0.3, 0.4) is 0 Å². The summed E-state index contributed by atoms with van der Waals surface area (Å²) in [4.78, 5) is 29.8. The largest absolute Gasteiger partial charge is 0.476 e. The molecule has 3 N–H and O–H groups in total. The van der Waals surface area contributed by atoms with Crippen LogP contribution in [0.4, 0.5) is 0 Å². The fourth-order valence-corrected chi connectivity index (χ4v) is 2.47. The highest BCUT2D eigenvalue weighted by Crippen LogP contribution is 2.32. The van der Waals surface area contributed by atoms with Gasteiger partial charge in [-0.1, -0.05) is 12.8 Å². The topological polar surface area (TPSA) is 112 Å². The van der Waals surface area contributed by atoms with Gasteiger partial charge in [-0.2, -0.15) is 5.10 Å². The number of hydrogen-bond acceptors (Lipinski definition) is 4. The molecule has 7 heteroatoms. The minimum Gasteiger partial charge on any atom is -0.476 e. The smallest absolute Gasteiger partial charge is 0.356 e. The van der Waals surface area contributed by atoms with Gasteiger partial charge in [-0.05, 0) is 12.8 Å². The van der Waals surface area contributed by atoms with Gasteiger partial charge in [-0.25, -0.2) is 9.78 Å². The zero-order chi connectivity index (χ0) is 12.7. The summed E-state index contributed by atoms with van der Waals surface area (Å²) < 4.78 is 0. The molecule has 0 aromatic carbocycles. The van der Waals surface area contributed by atoms with E-state index in [1.165, 1.54) is 0 Å². The number of carbonyl (C=O) groups is 1. The standard InChI is InChI=1S/C11H12N4O3/c16-10-7-6(8(11(17)18)15-14-7)12-9(13-10)5-3-1-2-4-5/h5H,1-4H2,(H,14,15)(H,17,18)(H,12,13,16). The first-order valence-electron chi connectivity index (χ1n) is 5.88. The molecule has 2 aromatic heterocycles. The summed E-state index contributed by atoms with van der Waals surface area (Å²) in [7, 11) is 0. The monoisotopic (exact) mass is 248 g/mol. The molecule has 1 fully saturated rings.